The van der Waals surface area contributed by atoms with E-state index in [1.165, 1.54) is 0 Å². The molecule has 1 heterocycles. The lowest BCUT2D eigenvalue weighted by Crippen LogP contribution is -2.04. The number of nitrogens with zero attached hydrogens (tertiary/aromatic N) is 2. The number of pyridine rings is 1. The second-order valence-electron chi connectivity index (χ2n) is 4.31. The van der Waals surface area contributed by atoms with E-state index in [-0.39, 0.29) is 5.92 Å². The number of benzene rings is 1. The Labute approximate surface area is 118 Å². The molecule has 2 aromatic rings. The molecule has 0 bridgehead atoms. The van der Waals surface area contributed by atoms with Crippen molar-refractivity contribution < 1.29 is 9.47 Å². The third-order valence-corrected chi connectivity index (χ3v) is 3.11. The van der Waals surface area contributed by atoms with E-state index >= 15 is 0 Å². The standard InChI is InChI=1S/C16H16N2O2/c1-19-14-6-7-16(20-2)15(10-14)12(11-17)9-13-5-3-4-8-18-13/h3-8,10,12H,9H2,1-2H3. The molecule has 20 heavy (non-hydrogen) atoms. The summed E-state index contributed by atoms with van der Waals surface area (Å²) in [7, 11) is 3.20. The average Bonchev–Trinajstić information content (AvgIpc) is 2.53. The van der Waals surface area contributed by atoms with Crippen molar-refractivity contribution in [3.05, 3.63) is 53.9 Å². The van der Waals surface area contributed by atoms with Gasteiger partial charge in [-0.2, -0.15) is 5.26 Å². The van der Waals surface area contributed by atoms with Gasteiger partial charge in [0.25, 0.3) is 0 Å². The maximum absolute atomic E-state index is 9.45. The smallest absolute Gasteiger partial charge is 0.123 e. The SMILES string of the molecule is COc1ccc(OC)c(C(C#N)Cc2ccccn2)c1. The quantitative estimate of drug-likeness (QED) is 0.836. The van der Waals surface area contributed by atoms with Crippen LogP contribution in [0.4, 0.5) is 0 Å². The van der Waals surface area contributed by atoms with E-state index in [1.807, 2.05) is 36.4 Å². The number of hydrogen-bond donors (Lipinski definition) is 0. The summed E-state index contributed by atoms with van der Waals surface area (Å²) in [5.74, 6) is 1.07. The van der Waals surface area contributed by atoms with Crippen molar-refractivity contribution in [3.8, 4) is 17.6 Å². The summed E-state index contributed by atoms with van der Waals surface area (Å²) in [5, 5.41) is 9.45. The first-order valence-electron chi connectivity index (χ1n) is 6.30. The summed E-state index contributed by atoms with van der Waals surface area (Å²) in [5.41, 5.74) is 1.70. The molecular formula is C16H16N2O2. The number of aromatic nitrogens is 1. The Balaban J connectivity index is 2.34. The first-order chi connectivity index (χ1) is 9.78. The monoisotopic (exact) mass is 268 g/mol. The van der Waals surface area contributed by atoms with Gasteiger partial charge in [-0.15, -0.1) is 0 Å². The summed E-state index contributed by atoms with van der Waals surface area (Å²) in [6.45, 7) is 0. The minimum Gasteiger partial charge on any atom is -0.497 e. The minimum absolute atomic E-state index is 0.324. The summed E-state index contributed by atoms with van der Waals surface area (Å²) in [6, 6.07) is 13.5. The third-order valence-electron chi connectivity index (χ3n) is 3.11. The highest BCUT2D eigenvalue weighted by atomic mass is 16.5. The molecule has 0 aliphatic heterocycles. The molecule has 4 heteroatoms. The highest BCUT2D eigenvalue weighted by Gasteiger charge is 2.18. The van der Waals surface area contributed by atoms with E-state index in [9.17, 15) is 5.26 Å². The van der Waals surface area contributed by atoms with Crippen LogP contribution in [0.2, 0.25) is 0 Å². The van der Waals surface area contributed by atoms with Crippen LogP contribution in [0.3, 0.4) is 0 Å². The molecule has 0 aliphatic rings. The van der Waals surface area contributed by atoms with Crippen LogP contribution in [0.5, 0.6) is 11.5 Å². The molecule has 4 nitrogen and oxygen atoms in total. The molecule has 2 rings (SSSR count). The molecule has 1 aromatic carbocycles. The molecule has 0 amide bonds. The molecule has 102 valence electrons. The topological polar surface area (TPSA) is 55.1 Å². The summed E-state index contributed by atoms with van der Waals surface area (Å²) >= 11 is 0. The number of hydrogen-bond acceptors (Lipinski definition) is 4. The molecule has 1 atom stereocenters. The van der Waals surface area contributed by atoms with Gasteiger partial charge in [-0.05, 0) is 30.3 Å². The molecule has 0 radical (unpaired) electrons. The van der Waals surface area contributed by atoms with Gasteiger partial charge in [0, 0.05) is 23.9 Å². The summed E-state index contributed by atoms with van der Waals surface area (Å²) < 4.78 is 10.6. The number of methoxy groups -OCH3 is 2. The maximum atomic E-state index is 9.45. The maximum Gasteiger partial charge on any atom is 0.123 e. The molecule has 0 aliphatic carbocycles. The highest BCUT2D eigenvalue weighted by molar-refractivity contribution is 5.45. The molecule has 0 saturated carbocycles. The van der Waals surface area contributed by atoms with Gasteiger partial charge in [0.2, 0.25) is 0 Å². The zero-order valence-electron chi connectivity index (χ0n) is 11.5. The first-order valence-corrected chi connectivity index (χ1v) is 6.30. The lowest BCUT2D eigenvalue weighted by atomic mass is 9.94. The zero-order chi connectivity index (χ0) is 14.4. The van der Waals surface area contributed by atoms with Gasteiger partial charge in [-0.25, -0.2) is 0 Å². The zero-order valence-corrected chi connectivity index (χ0v) is 11.5. The Bertz CT molecular complexity index is 606. The fourth-order valence-corrected chi connectivity index (χ4v) is 2.06. The van der Waals surface area contributed by atoms with Crippen molar-refractivity contribution in [2.75, 3.05) is 14.2 Å². The lowest BCUT2D eigenvalue weighted by molar-refractivity contribution is 0.397. The fourth-order valence-electron chi connectivity index (χ4n) is 2.06. The normalized spacial score (nSPS) is 11.4. The van der Waals surface area contributed by atoms with Gasteiger partial charge in [-0.1, -0.05) is 6.07 Å². The Morgan fingerprint density at radius 1 is 1.20 bits per heavy atom. The predicted molar refractivity (Wildman–Crippen MR) is 75.8 cm³/mol. The Morgan fingerprint density at radius 2 is 2.05 bits per heavy atom. The van der Waals surface area contributed by atoms with Crippen molar-refractivity contribution in [2.45, 2.75) is 12.3 Å². The van der Waals surface area contributed by atoms with Crippen LogP contribution < -0.4 is 9.47 Å². The van der Waals surface area contributed by atoms with E-state index < -0.39 is 0 Å². The molecule has 0 N–H and O–H groups in total. The summed E-state index contributed by atoms with van der Waals surface area (Å²) in [6.07, 6.45) is 2.27. The van der Waals surface area contributed by atoms with Crippen LogP contribution in [0.15, 0.2) is 42.6 Å². The second-order valence-corrected chi connectivity index (χ2v) is 4.31. The van der Waals surface area contributed by atoms with Crippen molar-refractivity contribution in [3.63, 3.8) is 0 Å². The van der Waals surface area contributed by atoms with E-state index in [1.54, 1.807) is 20.4 Å². The van der Waals surface area contributed by atoms with Crippen LogP contribution in [-0.2, 0) is 6.42 Å². The van der Waals surface area contributed by atoms with Crippen LogP contribution >= 0.6 is 0 Å². The number of rotatable bonds is 5. The average molecular weight is 268 g/mol. The molecular weight excluding hydrogens is 252 g/mol. The Morgan fingerprint density at radius 3 is 2.65 bits per heavy atom. The fraction of sp³-hybridized carbons (Fsp3) is 0.250. The molecule has 1 unspecified atom stereocenters. The van der Waals surface area contributed by atoms with Crippen LogP contribution in [0, 0.1) is 11.3 Å². The van der Waals surface area contributed by atoms with Crippen molar-refractivity contribution in [2.24, 2.45) is 0 Å². The van der Waals surface area contributed by atoms with Gasteiger partial charge in [0.15, 0.2) is 0 Å². The van der Waals surface area contributed by atoms with Gasteiger partial charge in [-0.3, -0.25) is 4.98 Å². The van der Waals surface area contributed by atoms with Gasteiger partial charge in [0.1, 0.15) is 11.5 Å². The Hall–Kier alpha value is -2.54. The second kappa shape index (κ2) is 6.58. The van der Waals surface area contributed by atoms with E-state index in [2.05, 4.69) is 11.1 Å². The van der Waals surface area contributed by atoms with Crippen LogP contribution in [0.1, 0.15) is 17.2 Å². The van der Waals surface area contributed by atoms with Crippen LogP contribution in [-0.4, -0.2) is 19.2 Å². The van der Waals surface area contributed by atoms with Crippen molar-refractivity contribution in [1.82, 2.24) is 4.98 Å². The van der Waals surface area contributed by atoms with Crippen LogP contribution in [0.25, 0.3) is 0 Å². The summed E-state index contributed by atoms with van der Waals surface area (Å²) in [4.78, 5) is 4.27. The van der Waals surface area contributed by atoms with E-state index in [4.69, 9.17) is 9.47 Å². The number of ether oxygens (including phenoxy) is 2. The molecule has 0 fully saturated rings. The van der Waals surface area contributed by atoms with Crippen molar-refractivity contribution in [1.29, 1.82) is 5.26 Å². The van der Waals surface area contributed by atoms with Gasteiger partial charge >= 0.3 is 0 Å². The molecule has 0 spiro atoms. The van der Waals surface area contributed by atoms with E-state index in [0.29, 0.717) is 17.9 Å². The largest absolute Gasteiger partial charge is 0.497 e. The number of nitriles is 1. The van der Waals surface area contributed by atoms with E-state index in [0.717, 1.165) is 11.3 Å². The third kappa shape index (κ3) is 3.07. The first kappa shape index (κ1) is 13.9. The van der Waals surface area contributed by atoms with Gasteiger partial charge in [0.05, 0.1) is 26.2 Å². The molecule has 1 aromatic heterocycles. The molecule has 0 saturated heterocycles. The Kier molecular flexibility index (Phi) is 4.56. The minimum atomic E-state index is -0.324. The lowest BCUT2D eigenvalue weighted by Gasteiger charge is -2.14. The van der Waals surface area contributed by atoms with Crippen molar-refractivity contribution >= 4 is 0 Å². The van der Waals surface area contributed by atoms with Gasteiger partial charge < -0.3 is 9.47 Å². The highest BCUT2D eigenvalue weighted by Crippen LogP contribution is 2.32. The predicted octanol–water partition coefficient (Wildman–Crippen LogP) is 2.95.